The quantitative estimate of drug-likeness (QED) is 0.352. The molecule has 6 nitrogen and oxygen atoms in total. The van der Waals surface area contributed by atoms with Crippen LogP contribution in [0, 0.1) is 22.2 Å². The molecule has 0 amide bonds. The summed E-state index contributed by atoms with van der Waals surface area (Å²) in [5, 5.41) is 10.9. The zero-order valence-corrected chi connectivity index (χ0v) is 23.5. The van der Waals surface area contributed by atoms with Crippen LogP contribution in [0.25, 0.3) is 0 Å². The van der Waals surface area contributed by atoms with Gasteiger partial charge < -0.3 is 14.6 Å². The van der Waals surface area contributed by atoms with Crippen LogP contribution in [0.1, 0.15) is 99.1 Å². The van der Waals surface area contributed by atoms with Gasteiger partial charge in [0.25, 0.3) is 0 Å². The Morgan fingerprint density at radius 2 is 1.39 bits per heavy atom. The maximum Gasteiger partial charge on any atom is 0.301 e. The number of aromatic hydroxyl groups is 1. The first kappa shape index (κ1) is 29.6. The average molecular weight is 487 g/mol. The monoisotopic (exact) mass is 486 g/mol. The Balaban J connectivity index is 4.33. The molecule has 0 fully saturated rings. The number of phenolic OH excluding ortho intramolecular Hbond substituents is 1. The second kappa shape index (κ2) is 10.0. The van der Waals surface area contributed by atoms with Gasteiger partial charge >= 0.3 is 10.1 Å². The summed E-state index contributed by atoms with van der Waals surface area (Å²) < 4.78 is 46.5. The van der Waals surface area contributed by atoms with Crippen molar-refractivity contribution >= 4 is 10.1 Å². The molecule has 1 rings (SSSR count). The van der Waals surface area contributed by atoms with Gasteiger partial charge in [-0.05, 0) is 41.4 Å². The van der Waals surface area contributed by atoms with Gasteiger partial charge in [0.1, 0.15) is 11.5 Å². The molecule has 192 valence electrons. The third kappa shape index (κ3) is 6.56. The molecule has 1 unspecified atom stereocenters. The van der Waals surface area contributed by atoms with Crippen LogP contribution in [0.15, 0.2) is 4.90 Å². The Kier molecular flexibility index (Phi) is 8.98. The highest BCUT2D eigenvalue weighted by molar-refractivity contribution is 7.86. The van der Waals surface area contributed by atoms with Gasteiger partial charge in [-0.25, -0.2) is 0 Å². The molecule has 1 aromatic rings. The summed E-state index contributed by atoms with van der Waals surface area (Å²) in [6.07, 6.45) is 2.05. The normalized spacial score (nSPS) is 14.5. The summed E-state index contributed by atoms with van der Waals surface area (Å²) in [7, 11) is -1.89. The van der Waals surface area contributed by atoms with Crippen molar-refractivity contribution in [1.82, 2.24) is 0 Å². The third-order valence-corrected chi connectivity index (χ3v) is 7.16. The first-order chi connectivity index (χ1) is 14.7. The van der Waals surface area contributed by atoms with Crippen molar-refractivity contribution in [3.05, 3.63) is 11.1 Å². The third-order valence-electron chi connectivity index (χ3n) is 6.26. The zero-order chi connectivity index (χ0) is 26.2. The standard InChI is InChI=1S/C26H46O6S/c1-13-17-19(27)22(33(28,29)30)21(32-12)18(20(17)31-11)23(25(7,8)14-16(2)3)26(9,10)15-24(4,5)6/h16,23,27H,13-15H2,1-12H3,(H,28,29,30). The minimum atomic E-state index is -4.77. The molecule has 0 spiro atoms. The summed E-state index contributed by atoms with van der Waals surface area (Å²) >= 11 is 0. The van der Waals surface area contributed by atoms with Crippen molar-refractivity contribution in [3.63, 3.8) is 0 Å². The van der Waals surface area contributed by atoms with Gasteiger partial charge in [-0.2, -0.15) is 8.42 Å². The van der Waals surface area contributed by atoms with E-state index in [4.69, 9.17) is 9.47 Å². The van der Waals surface area contributed by atoms with Gasteiger partial charge in [-0.1, -0.05) is 69.2 Å². The fourth-order valence-electron chi connectivity index (χ4n) is 6.48. The minimum Gasteiger partial charge on any atom is -0.506 e. The summed E-state index contributed by atoms with van der Waals surface area (Å²) in [5.41, 5.74) is 0.337. The number of phenols is 1. The van der Waals surface area contributed by atoms with Crippen LogP contribution in [0.4, 0.5) is 0 Å². The Bertz CT molecular complexity index is 937. The second-order valence-electron chi connectivity index (χ2n) is 12.2. The number of hydrogen-bond donors (Lipinski definition) is 2. The molecule has 7 heteroatoms. The van der Waals surface area contributed by atoms with Crippen molar-refractivity contribution < 1.29 is 27.6 Å². The molecule has 0 saturated carbocycles. The molecule has 0 saturated heterocycles. The predicted molar refractivity (Wildman–Crippen MR) is 134 cm³/mol. The van der Waals surface area contributed by atoms with Crippen LogP contribution >= 0.6 is 0 Å². The van der Waals surface area contributed by atoms with Gasteiger partial charge in [-0.15, -0.1) is 0 Å². The van der Waals surface area contributed by atoms with E-state index in [1.54, 1.807) is 0 Å². The maximum absolute atomic E-state index is 12.5. The Labute approximate surface area is 201 Å². The van der Waals surface area contributed by atoms with E-state index in [0.717, 1.165) is 12.8 Å². The topological polar surface area (TPSA) is 93.1 Å². The second-order valence-corrected chi connectivity index (χ2v) is 13.6. The lowest BCUT2D eigenvalue weighted by Gasteiger charge is -2.49. The van der Waals surface area contributed by atoms with Crippen LogP contribution < -0.4 is 9.47 Å². The molecule has 0 radical (unpaired) electrons. The summed E-state index contributed by atoms with van der Waals surface area (Å²) in [4.78, 5) is -0.588. The largest absolute Gasteiger partial charge is 0.506 e. The van der Waals surface area contributed by atoms with Gasteiger partial charge in [0.05, 0.1) is 14.2 Å². The van der Waals surface area contributed by atoms with Crippen LogP contribution in [0.3, 0.4) is 0 Å². The van der Waals surface area contributed by atoms with E-state index in [0.29, 0.717) is 29.2 Å². The average Bonchev–Trinajstić information content (AvgIpc) is 2.56. The van der Waals surface area contributed by atoms with Crippen molar-refractivity contribution in [2.45, 2.75) is 99.3 Å². The number of benzene rings is 1. The molecular weight excluding hydrogens is 440 g/mol. The van der Waals surface area contributed by atoms with Crippen molar-refractivity contribution in [3.8, 4) is 17.2 Å². The molecule has 0 aliphatic heterocycles. The molecule has 1 aromatic carbocycles. The lowest BCUT2D eigenvalue weighted by atomic mass is 9.56. The van der Waals surface area contributed by atoms with Crippen LogP contribution in [-0.4, -0.2) is 32.3 Å². The molecule has 0 aromatic heterocycles. The molecule has 0 bridgehead atoms. The van der Waals surface area contributed by atoms with Gasteiger partial charge in [-0.3, -0.25) is 4.55 Å². The Morgan fingerprint density at radius 1 is 0.909 bits per heavy atom. The molecule has 0 aliphatic carbocycles. The molecule has 33 heavy (non-hydrogen) atoms. The smallest absolute Gasteiger partial charge is 0.301 e. The Hall–Kier alpha value is -1.47. The Morgan fingerprint density at radius 3 is 1.73 bits per heavy atom. The van der Waals surface area contributed by atoms with Crippen LogP contribution in [0.5, 0.6) is 17.2 Å². The van der Waals surface area contributed by atoms with E-state index in [-0.39, 0.29) is 27.9 Å². The van der Waals surface area contributed by atoms with Gasteiger partial charge in [0, 0.05) is 17.0 Å². The van der Waals surface area contributed by atoms with E-state index in [9.17, 15) is 18.1 Å². The van der Waals surface area contributed by atoms with Crippen molar-refractivity contribution in [2.24, 2.45) is 22.2 Å². The van der Waals surface area contributed by atoms with Crippen LogP contribution in [-0.2, 0) is 16.5 Å². The maximum atomic E-state index is 12.5. The molecule has 0 aliphatic rings. The highest BCUT2D eigenvalue weighted by atomic mass is 32.2. The first-order valence-corrected chi connectivity index (χ1v) is 13.2. The van der Waals surface area contributed by atoms with E-state index in [1.165, 1.54) is 14.2 Å². The highest BCUT2D eigenvalue weighted by Crippen LogP contribution is 2.61. The van der Waals surface area contributed by atoms with Crippen molar-refractivity contribution in [2.75, 3.05) is 14.2 Å². The number of rotatable bonds is 10. The van der Waals surface area contributed by atoms with Gasteiger partial charge in [0.2, 0.25) is 0 Å². The summed E-state index contributed by atoms with van der Waals surface area (Å²) in [5.74, 6) is 0.0408. The fraction of sp³-hybridized carbons (Fsp3) is 0.769. The molecule has 0 heterocycles. The van der Waals surface area contributed by atoms with E-state index in [2.05, 4.69) is 62.3 Å². The lowest BCUT2D eigenvalue weighted by molar-refractivity contribution is 0.0749. The molecular formula is C26H46O6S. The number of hydrogen-bond acceptors (Lipinski definition) is 5. The van der Waals surface area contributed by atoms with Crippen molar-refractivity contribution in [1.29, 1.82) is 0 Å². The SMILES string of the molecule is CCc1c(O)c(S(=O)(=O)O)c(OC)c(C(C(C)(C)CC(C)C)C(C)(C)CC(C)(C)C)c1OC. The first-order valence-electron chi connectivity index (χ1n) is 11.7. The summed E-state index contributed by atoms with van der Waals surface area (Å²) in [6, 6.07) is 0. The van der Waals surface area contributed by atoms with E-state index < -0.39 is 20.8 Å². The highest BCUT2D eigenvalue weighted by Gasteiger charge is 2.48. The van der Waals surface area contributed by atoms with E-state index in [1.807, 2.05) is 6.92 Å². The fourth-order valence-corrected chi connectivity index (χ4v) is 7.28. The lowest BCUT2D eigenvalue weighted by Crippen LogP contribution is -2.38. The minimum absolute atomic E-state index is 0.00647. The van der Waals surface area contributed by atoms with Crippen LogP contribution in [0.2, 0.25) is 0 Å². The van der Waals surface area contributed by atoms with Gasteiger partial charge in [0.15, 0.2) is 10.6 Å². The summed E-state index contributed by atoms with van der Waals surface area (Å²) in [6.45, 7) is 21.5. The molecule has 2 N–H and O–H groups in total. The number of ether oxygens (including phenoxy) is 2. The predicted octanol–water partition coefficient (Wildman–Crippen LogP) is 6.84. The zero-order valence-electron chi connectivity index (χ0n) is 22.7. The van der Waals surface area contributed by atoms with E-state index >= 15 is 0 Å². The molecule has 1 atom stereocenters. The number of methoxy groups -OCH3 is 2.